The van der Waals surface area contributed by atoms with Gasteiger partial charge in [0, 0.05) is 36.3 Å². The highest BCUT2D eigenvalue weighted by Gasteiger charge is 2.25. The molecule has 0 radical (unpaired) electrons. The Hall–Kier alpha value is -3.17. The maximum absolute atomic E-state index is 13.0. The van der Waals surface area contributed by atoms with Crippen LogP contribution in [0.1, 0.15) is 0 Å². The molecule has 0 spiro atoms. The molecular formula is C20H21N3O5S. The fourth-order valence-corrected chi connectivity index (χ4v) is 4.20. The second-order valence-corrected chi connectivity index (χ2v) is 8.24. The summed E-state index contributed by atoms with van der Waals surface area (Å²) in [7, 11) is 0.468. The minimum atomic E-state index is -3.89. The number of rotatable bonds is 7. The van der Waals surface area contributed by atoms with Crippen molar-refractivity contribution in [1.82, 2.24) is 9.29 Å². The molecule has 0 saturated heterocycles. The fourth-order valence-electron chi connectivity index (χ4n) is 2.86. The quantitative estimate of drug-likeness (QED) is 0.637. The van der Waals surface area contributed by atoms with Gasteiger partial charge < -0.3 is 14.8 Å². The molecule has 3 rings (SSSR count). The summed E-state index contributed by atoms with van der Waals surface area (Å²) in [5.74, 6) is 0.483. The second kappa shape index (κ2) is 8.46. The van der Waals surface area contributed by atoms with Crippen molar-refractivity contribution < 1.29 is 22.7 Å². The van der Waals surface area contributed by atoms with Crippen LogP contribution in [0.5, 0.6) is 11.5 Å². The van der Waals surface area contributed by atoms with Gasteiger partial charge in [-0.25, -0.2) is 8.42 Å². The van der Waals surface area contributed by atoms with E-state index in [0.29, 0.717) is 28.0 Å². The van der Waals surface area contributed by atoms with Gasteiger partial charge in [0.25, 0.3) is 0 Å². The van der Waals surface area contributed by atoms with Gasteiger partial charge in [-0.15, -0.1) is 0 Å². The monoisotopic (exact) mass is 415 g/mol. The fraction of sp³-hybridized carbons (Fsp3) is 0.200. The molecule has 0 fully saturated rings. The normalized spacial score (nSPS) is 11.4. The molecule has 152 valence electrons. The van der Waals surface area contributed by atoms with E-state index >= 15 is 0 Å². The van der Waals surface area contributed by atoms with Crippen LogP contribution in [-0.4, -0.2) is 51.4 Å². The van der Waals surface area contributed by atoms with Crippen LogP contribution < -0.4 is 14.8 Å². The highest BCUT2D eigenvalue weighted by molar-refractivity contribution is 7.89. The Labute approximate surface area is 169 Å². The first kappa shape index (κ1) is 20.6. The van der Waals surface area contributed by atoms with Crippen LogP contribution >= 0.6 is 0 Å². The van der Waals surface area contributed by atoms with Crippen LogP contribution in [0.4, 0.5) is 5.69 Å². The number of likely N-dealkylation sites (N-methyl/N-ethyl adjacent to an activating group) is 1. The van der Waals surface area contributed by atoms with E-state index in [2.05, 4.69) is 10.3 Å². The van der Waals surface area contributed by atoms with Crippen LogP contribution in [0.3, 0.4) is 0 Å². The summed E-state index contributed by atoms with van der Waals surface area (Å²) in [4.78, 5) is 16.6. The Kier molecular flexibility index (Phi) is 6.00. The number of nitrogens with zero attached hydrogens (tertiary/aromatic N) is 2. The summed E-state index contributed by atoms with van der Waals surface area (Å²) < 4.78 is 37.4. The van der Waals surface area contributed by atoms with Gasteiger partial charge in [0.1, 0.15) is 11.5 Å². The van der Waals surface area contributed by atoms with Gasteiger partial charge in [0.05, 0.1) is 31.3 Å². The minimum Gasteiger partial charge on any atom is -0.497 e. The number of fused-ring (bicyclic) bond motifs is 1. The zero-order valence-corrected chi connectivity index (χ0v) is 17.1. The van der Waals surface area contributed by atoms with Gasteiger partial charge in [-0.2, -0.15) is 4.31 Å². The number of hydrogen-bond acceptors (Lipinski definition) is 6. The Morgan fingerprint density at radius 2 is 1.93 bits per heavy atom. The van der Waals surface area contributed by atoms with Crippen LogP contribution in [0.15, 0.2) is 59.8 Å². The third-order valence-corrected chi connectivity index (χ3v) is 6.24. The van der Waals surface area contributed by atoms with Crippen LogP contribution in [0.2, 0.25) is 0 Å². The summed E-state index contributed by atoms with van der Waals surface area (Å²) in [5.41, 5.74) is 0.417. The number of pyridine rings is 1. The molecular weight excluding hydrogens is 394 g/mol. The number of carbonyl (C=O) groups excluding carboxylic acids is 1. The molecule has 1 amide bonds. The summed E-state index contributed by atoms with van der Waals surface area (Å²) in [6, 6.07) is 11.5. The molecule has 2 aromatic carbocycles. The van der Waals surface area contributed by atoms with E-state index in [-0.39, 0.29) is 11.4 Å². The van der Waals surface area contributed by atoms with E-state index in [1.807, 2.05) is 0 Å². The largest absolute Gasteiger partial charge is 0.497 e. The molecule has 0 aliphatic rings. The molecule has 1 heterocycles. The molecule has 1 aromatic heterocycles. The lowest BCUT2D eigenvalue weighted by Gasteiger charge is -2.18. The zero-order valence-electron chi connectivity index (χ0n) is 16.2. The van der Waals surface area contributed by atoms with Gasteiger partial charge >= 0.3 is 0 Å². The number of sulfonamides is 1. The smallest absolute Gasteiger partial charge is 0.243 e. The molecule has 8 nitrogen and oxygen atoms in total. The van der Waals surface area contributed by atoms with Crippen molar-refractivity contribution in [2.75, 3.05) is 33.1 Å². The van der Waals surface area contributed by atoms with Crippen molar-refractivity contribution in [1.29, 1.82) is 0 Å². The lowest BCUT2D eigenvalue weighted by Crippen LogP contribution is -2.35. The van der Waals surface area contributed by atoms with E-state index in [0.717, 1.165) is 4.31 Å². The third kappa shape index (κ3) is 4.30. The molecule has 3 aromatic rings. The van der Waals surface area contributed by atoms with Crippen molar-refractivity contribution in [3.63, 3.8) is 0 Å². The highest BCUT2D eigenvalue weighted by atomic mass is 32.2. The molecule has 0 saturated carbocycles. The van der Waals surface area contributed by atoms with Crippen LogP contribution in [-0.2, 0) is 14.8 Å². The Morgan fingerprint density at radius 3 is 2.66 bits per heavy atom. The van der Waals surface area contributed by atoms with E-state index in [1.165, 1.54) is 33.5 Å². The van der Waals surface area contributed by atoms with Crippen molar-refractivity contribution in [2.24, 2.45) is 0 Å². The SMILES string of the molecule is COc1ccc(NC(=O)CN(C)S(=O)(=O)c2cccc3cnccc23)c(OC)c1. The lowest BCUT2D eigenvalue weighted by molar-refractivity contribution is -0.116. The molecule has 0 bridgehead atoms. The number of hydrogen-bond donors (Lipinski definition) is 1. The Morgan fingerprint density at radius 1 is 1.14 bits per heavy atom. The third-order valence-electron chi connectivity index (χ3n) is 4.38. The standard InChI is InChI=1S/C20H21N3O5S/c1-23(13-20(24)22-17-8-7-15(27-2)11-18(17)28-3)29(25,26)19-6-4-5-14-12-21-10-9-16(14)19/h4-12H,13H2,1-3H3,(H,22,24). The number of benzene rings is 2. The van der Waals surface area contributed by atoms with Crippen molar-refractivity contribution in [2.45, 2.75) is 4.90 Å². The molecule has 0 atom stereocenters. The predicted octanol–water partition coefficient (Wildman–Crippen LogP) is 2.51. The number of nitrogens with one attached hydrogen (secondary N) is 1. The Bertz CT molecular complexity index is 1140. The van der Waals surface area contributed by atoms with Crippen LogP contribution in [0.25, 0.3) is 10.8 Å². The van der Waals surface area contributed by atoms with E-state index in [1.54, 1.807) is 42.6 Å². The van der Waals surface area contributed by atoms with Gasteiger partial charge in [0.2, 0.25) is 15.9 Å². The van der Waals surface area contributed by atoms with Crippen molar-refractivity contribution >= 4 is 32.4 Å². The molecule has 0 unspecified atom stereocenters. The molecule has 1 N–H and O–H groups in total. The summed E-state index contributed by atoms with van der Waals surface area (Å²) in [6.07, 6.45) is 3.13. The average molecular weight is 415 g/mol. The minimum absolute atomic E-state index is 0.120. The predicted molar refractivity (Wildman–Crippen MR) is 110 cm³/mol. The van der Waals surface area contributed by atoms with E-state index < -0.39 is 15.9 Å². The van der Waals surface area contributed by atoms with E-state index in [4.69, 9.17) is 9.47 Å². The van der Waals surface area contributed by atoms with Gasteiger partial charge in [0.15, 0.2) is 0 Å². The lowest BCUT2D eigenvalue weighted by atomic mass is 10.2. The van der Waals surface area contributed by atoms with Gasteiger partial charge in [-0.1, -0.05) is 12.1 Å². The van der Waals surface area contributed by atoms with Crippen molar-refractivity contribution in [3.8, 4) is 11.5 Å². The van der Waals surface area contributed by atoms with Gasteiger partial charge in [-0.05, 0) is 24.3 Å². The second-order valence-electron chi connectivity index (χ2n) is 6.23. The number of anilines is 1. The average Bonchev–Trinajstić information content (AvgIpc) is 2.73. The summed E-state index contributed by atoms with van der Waals surface area (Å²) >= 11 is 0. The maximum Gasteiger partial charge on any atom is 0.243 e. The Balaban J connectivity index is 1.80. The molecule has 29 heavy (non-hydrogen) atoms. The first-order chi connectivity index (χ1) is 13.9. The maximum atomic E-state index is 13.0. The van der Waals surface area contributed by atoms with Crippen LogP contribution in [0, 0.1) is 0 Å². The number of methoxy groups -OCH3 is 2. The number of ether oxygens (including phenoxy) is 2. The zero-order chi connectivity index (χ0) is 21.0. The topological polar surface area (TPSA) is 97.8 Å². The molecule has 0 aliphatic carbocycles. The van der Waals surface area contributed by atoms with E-state index in [9.17, 15) is 13.2 Å². The first-order valence-electron chi connectivity index (χ1n) is 8.68. The number of amides is 1. The van der Waals surface area contributed by atoms with Crippen molar-refractivity contribution in [3.05, 3.63) is 54.9 Å². The molecule has 0 aliphatic heterocycles. The van der Waals surface area contributed by atoms with Gasteiger partial charge in [-0.3, -0.25) is 9.78 Å². The number of aromatic nitrogens is 1. The summed E-state index contributed by atoms with van der Waals surface area (Å²) in [5, 5.41) is 3.92. The summed E-state index contributed by atoms with van der Waals surface area (Å²) in [6.45, 7) is -0.362. The first-order valence-corrected chi connectivity index (χ1v) is 10.1. The number of carbonyl (C=O) groups is 1. The molecule has 9 heteroatoms. The highest BCUT2D eigenvalue weighted by Crippen LogP contribution is 2.29.